The molecule has 1 heterocycles. The monoisotopic (exact) mass is 202 g/mol. The molecule has 3 aliphatic rings. The first-order chi connectivity index (χ1) is 5.86. The van der Waals surface area contributed by atoms with Gasteiger partial charge >= 0.3 is 0 Å². The first-order valence-electron chi connectivity index (χ1n) is 4.87. The Morgan fingerprint density at radius 1 is 1.23 bits per heavy atom. The molecule has 0 aromatic rings. The van der Waals surface area contributed by atoms with Gasteiger partial charge in [-0.3, -0.25) is 4.79 Å². The van der Waals surface area contributed by atoms with Crippen molar-refractivity contribution in [2.75, 3.05) is 13.1 Å². The van der Waals surface area contributed by atoms with Gasteiger partial charge in [0, 0.05) is 25.0 Å². The lowest BCUT2D eigenvalue weighted by Gasteiger charge is -2.06. The number of hydrogen-bond acceptors (Lipinski definition) is 2. The Morgan fingerprint density at radius 3 is 2.38 bits per heavy atom. The predicted molar refractivity (Wildman–Crippen MR) is 51.8 cm³/mol. The molecule has 74 valence electrons. The van der Waals surface area contributed by atoms with Crippen LogP contribution >= 0.6 is 12.4 Å². The maximum Gasteiger partial charge on any atom is 0.223 e. The van der Waals surface area contributed by atoms with Gasteiger partial charge in [-0.1, -0.05) is 0 Å². The van der Waals surface area contributed by atoms with E-state index in [9.17, 15) is 4.79 Å². The molecule has 1 saturated heterocycles. The van der Waals surface area contributed by atoms with Crippen LogP contribution in [0, 0.1) is 17.8 Å². The standard InChI is InChI=1S/C9H14N2O.ClH/c12-9(5-1-2-5)11-8-6-3-10-4-7(6)8;/h5-8,10H,1-4H2,(H,11,12);1H/t6-,7+,8?;. The third-order valence-corrected chi connectivity index (χ3v) is 3.35. The van der Waals surface area contributed by atoms with Gasteiger partial charge in [0.2, 0.25) is 5.91 Å². The molecule has 0 radical (unpaired) electrons. The van der Waals surface area contributed by atoms with Crippen LogP contribution in [0.15, 0.2) is 0 Å². The van der Waals surface area contributed by atoms with Crippen LogP contribution < -0.4 is 10.6 Å². The third-order valence-electron chi connectivity index (χ3n) is 3.35. The Labute approximate surface area is 84.1 Å². The van der Waals surface area contributed by atoms with E-state index in [0.29, 0.717) is 17.9 Å². The van der Waals surface area contributed by atoms with E-state index in [0.717, 1.165) is 37.8 Å². The van der Waals surface area contributed by atoms with Gasteiger partial charge < -0.3 is 10.6 Å². The smallest absolute Gasteiger partial charge is 0.223 e. The molecule has 1 unspecified atom stereocenters. The molecule has 0 bridgehead atoms. The van der Waals surface area contributed by atoms with Crippen molar-refractivity contribution < 1.29 is 4.79 Å². The second kappa shape index (κ2) is 3.14. The Morgan fingerprint density at radius 2 is 1.85 bits per heavy atom. The average Bonchev–Trinajstić information content (AvgIpc) is 2.94. The minimum absolute atomic E-state index is 0. The van der Waals surface area contributed by atoms with Gasteiger partial charge in [0.1, 0.15) is 0 Å². The summed E-state index contributed by atoms with van der Waals surface area (Å²) in [5, 5.41) is 6.46. The van der Waals surface area contributed by atoms with Crippen molar-refractivity contribution in [2.45, 2.75) is 18.9 Å². The Hall–Kier alpha value is -0.280. The van der Waals surface area contributed by atoms with E-state index in [1.54, 1.807) is 0 Å². The topological polar surface area (TPSA) is 41.1 Å². The molecule has 2 aliphatic carbocycles. The van der Waals surface area contributed by atoms with Crippen LogP contribution in [0.2, 0.25) is 0 Å². The second-order valence-corrected chi connectivity index (χ2v) is 4.29. The number of carbonyl (C=O) groups is 1. The van der Waals surface area contributed by atoms with Crippen molar-refractivity contribution in [3.05, 3.63) is 0 Å². The van der Waals surface area contributed by atoms with Gasteiger partial charge in [-0.25, -0.2) is 0 Å². The van der Waals surface area contributed by atoms with Crippen LogP contribution in [0.4, 0.5) is 0 Å². The van der Waals surface area contributed by atoms with E-state index in [1.165, 1.54) is 0 Å². The summed E-state index contributed by atoms with van der Waals surface area (Å²) in [6.45, 7) is 2.22. The zero-order valence-corrected chi connectivity index (χ0v) is 8.27. The number of carbonyl (C=O) groups excluding carboxylic acids is 1. The van der Waals surface area contributed by atoms with Gasteiger partial charge in [-0.2, -0.15) is 0 Å². The SMILES string of the molecule is Cl.O=C(NC1[C@H]2CNC[C@@H]12)C1CC1. The molecule has 0 spiro atoms. The Balaban J connectivity index is 0.000000653. The quantitative estimate of drug-likeness (QED) is 0.670. The number of rotatable bonds is 2. The third kappa shape index (κ3) is 1.55. The highest BCUT2D eigenvalue weighted by Crippen LogP contribution is 2.42. The van der Waals surface area contributed by atoms with Crippen molar-refractivity contribution in [3.63, 3.8) is 0 Å². The number of hydrogen-bond donors (Lipinski definition) is 2. The van der Waals surface area contributed by atoms with Crippen LogP contribution in [0.3, 0.4) is 0 Å². The van der Waals surface area contributed by atoms with E-state index >= 15 is 0 Å². The number of amides is 1. The van der Waals surface area contributed by atoms with E-state index in [-0.39, 0.29) is 12.4 Å². The molecule has 1 amide bonds. The molecule has 3 fully saturated rings. The molecule has 0 aromatic carbocycles. The summed E-state index contributed by atoms with van der Waals surface area (Å²) in [7, 11) is 0. The summed E-state index contributed by atoms with van der Waals surface area (Å²) in [6.07, 6.45) is 2.23. The summed E-state index contributed by atoms with van der Waals surface area (Å²) in [4.78, 5) is 11.4. The van der Waals surface area contributed by atoms with Crippen molar-refractivity contribution in [3.8, 4) is 0 Å². The van der Waals surface area contributed by atoms with Crippen LogP contribution in [0.25, 0.3) is 0 Å². The number of nitrogens with one attached hydrogen (secondary N) is 2. The first-order valence-corrected chi connectivity index (χ1v) is 4.87. The van der Waals surface area contributed by atoms with Gasteiger partial charge in [0.25, 0.3) is 0 Å². The summed E-state index contributed by atoms with van der Waals surface area (Å²) >= 11 is 0. The second-order valence-electron chi connectivity index (χ2n) is 4.29. The summed E-state index contributed by atoms with van der Waals surface area (Å²) in [6, 6.07) is 0.527. The number of piperidine rings is 1. The number of fused-ring (bicyclic) bond motifs is 1. The molecule has 3 rings (SSSR count). The lowest BCUT2D eigenvalue weighted by Crippen LogP contribution is -2.33. The molecule has 4 heteroatoms. The van der Waals surface area contributed by atoms with Crippen molar-refractivity contribution in [1.29, 1.82) is 0 Å². The Kier molecular flexibility index (Phi) is 2.24. The zero-order chi connectivity index (χ0) is 8.13. The lowest BCUT2D eigenvalue weighted by molar-refractivity contribution is -0.122. The van der Waals surface area contributed by atoms with E-state index in [1.807, 2.05) is 0 Å². The maximum atomic E-state index is 11.4. The molecule has 13 heavy (non-hydrogen) atoms. The molecule has 2 saturated carbocycles. The lowest BCUT2D eigenvalue weighted by atomic mass is 10.3. The summed E-state index contributed by atoms with van der Waals surface area (Å²) in [5.41, 5.74) is 0. The Bertz CT molecular complexity index is 220. The fourth-order valence-electron chi connectivity index (χ4n) is 2.26. The highest BCUT2D eigenvalue weighted by atomic mass is 35.5. The zero-order valence-electron chi connectivity index (χ0n) is 7.45. The number of halogens is 1. The van der Waals surface area contributed by atoms with Crippen LogP contribution in [-0.2, 0) is 4.79 Å². The van der Waals surface area contributed by atoms with Gasteiger partial charge in [0.05, 0.1) is 0 Å². The minimum atomic E-state index is 0. The molecule has 1 aliphatic heterocycles. The van der Waals surface area contributed by atoms with Crippen molar-refractivity contribution >= 4 is 18.3 Å². The molecular weight excluding hydrogens is 188 g/mol. The summed E-state index contributed by atoms with van der Waals surface area (Å²) < 4.78 is 0. The first kappa shape index (κ1) is 9.28. The predicted octanol–water partition coefficient (Wildman–Crippen LogP) is 0.152. The maximum absolute atomic E-state index is 11.4. The van der Waals surface area contributed by atoms with E-state index < -0.39 is 0 Å². The van der Waals surface area contributed by atoms with E-state index in [2.05, 4.69) is 10.6 Å². The van der Waals surface area contributed by atoms with Crippen LogP contribution in [-0.4, -0.2) is 25.0 Å². The van der Waals surface area contributed by atoms with E-state index in [4.69, 9.17) is 0 Å². The van der Waals surface area contributed by atoms with Gasteiger partial charge in [0.15, 0.2) is 0 Å². The normalized spacial score (nSPS) is 40.5. The minimum Gasteiger partial charge on any atom is -0.352 e. The van der Waals surface area contributed by atoms with Crippen molar-refractivity contribution in [1.82, 2.24) is 10.6 Å². The highest BCUT2D eigenvalue weighted by Gasteiger charge is 2.54. The molecular formula is C9H15ClN2O. The average molecular weight is 203 g/mol. The molecule has 3 nitrogen and oxygen atoms in total. The molecule has 2 N–H and O–H groups in total. The molecule has 3 atom stereocenters. The highest BCUT2D eigenvalue weighted by molar-refractivity contribution is 5.85. The van der Waals surface area contributed by atoms with Crippen LogP contribution in [0.5, 0.6) is 0 Å². The molecule has 0 aromatic heterocycles. The van der Waals surface area contributed by atoms with Gasteiger partial charge in [-0.15, -0.1) is 12.4 Å². The van der Waals surface area contributed by atoms with Crippen molar-refractivity contribution in [2.24, 2.45) is 17.8 Å². The van der Waals surface area contributed by atoms with Crippen LogP contribution in [0.1, 0.15) is 12.8 Å². The van der Waals surface area contributed by atoms with Gasteiger partial charge in [-0.05, 0) is 24.7 Å². The fourth-order valence-corrected chi connectivity index (χ4v) is 2.26. The largest absolute Gasteiger partial charge is 0.352 e. The fraction of sp³-hybridized carbons (Fsp3) is 0.889. The summed E-state index contributed by atoms with van der Waals surface area (Å²) in [5.74, 6) is 2.20.